The highest BCUT2D eigenvalue weighted by molar-refractivity contribution is 5.66. The minimum Gasteiger partial charge on any atom is -0.459 e. The van der Waals surface area contributed by atoms with E-state index >= 15 is 0 Å². The molecule has 0 aromatic heterocycles. The number of aliphatic hydroxyl groups is 1. The molecule has 3 heteroatoms. The average molecular weight is 349 g/mol. The van der Waals surface area contributed by atoms with E-state index in [9.17, 15) is 9.90 Å². The first-order valence-electron chi connectivity index (χ1n) is 9.26. The Balaban J connectivity index is 2.86. The fourth-order valence-electron chi connectivity index (χ4n) is 3.89. The van der Waals surface area contributed by atoms with Crippen LogP contribution in [0.1, 0.15) is 67.2 Å². The van der Waals surface area contributed by atoms with E-state index in [1.165, 1.54) is 18.1 Å². The van der Waals surface area contributed by atoms with Crippen LogP contribution < -0.4 is 0 Å². The third-order valence-corrected chi connectivity index (χ3v) is 5.80. The number of carbonyl (C=O) groups is 1. The maximum atomic E-state index is 11.3. The Morgan fingerprint density at radius 2 is 2.00 bits per heavy atom. The highest BCUT2D eigenvalue weighted by Gasteiger charge is 2.38. The summed E-state index contributed by atoms with van der Waals surface area (Å²) in [6.45, 7) is 19.5. The molecule has 25 heavy (non-hydrogen) atoms. The lowest BCUT2D eigenvalue weighted by Crippen LogP contribution is -2.39. The number of carbonyl (C=O) groups excluding carboxylic acids is 1. The predicted octanol–water partition coefficient (Wildman–Crippen LogP) is 5.21. The highest BCUT2D eigenvalue weighted by Crippen LogP contribution is 2.48. The first-order valence-corrected chi connectivity index (χ1v) is 9.26. The van der Waals surface area contributed by atoms with Gasteiger partial charge in [-0.3, -0.25) is 4.79 Å². The second-order valence-electron chi connectivity index (χ2n) is 8.52. The summed E-state index contributed by atoms with van der Waals surface area (Å²) in [6, 6.07) is 0. The Hall–Kier alpha value is -1.35. The third kappa shape index (κ3) is 5.85. The van der Waals surface area contributed by atoms with Gasteiger partial charge in [0.25, 0.3) is 0 Å². The zero-order valence-electron chi connectivity index (χ0n) is 16.9. The molecule has 1 N–H and O–H groups in total. The monoisotopic (exact) mass is 348 g/mol. The molecule has 0 saturated heterocycles. The van der Waals surface area contributed by atoms with Crippen LogP contribution in [-0.4, -0.2) is 22.8 Å². The van der Waals surface area contributed by atoms with Gasteiger partial charge in [0.2, 0.25) is 0 Å². The maximum absolute atomic E-state index is 11.3. The second kappa shape index (κ2) is 8.35. The highest BCUT2D eigenvalue weighted by atomic mass is 16.6. The van der Waals surface area contributed by atoms with Crippen LogP contribution >= 0.6 is 0 Å². The lowest BCUT2D eigenvalue weighted by Gasteiger charge is -2.43. The van der Waals surface area contributed by atoms with E-state index in [4.69, 9.17) is 4.74 Å². The van der Waals surface area contributed by atoms with E-state index in [0.29, 0.717) is 18.3 Å². The van der Waals surface area contributed by atoms with Crippen LogP contribution in [0.2, 0.25) is 0 Å². The number of ether oxygens (including phenoxy) is 1. The molecule has 3 nitrogen and oxygen atoms in total. The van der Waals surface area contributed by atoms with Crippen molar-refractivity contribution in [1.82, 2.24) is 0 Å². The molecule has 0 amide bonds. The molecule has 0 spiro atoms. The molecule has 1 saturated carbocycles. The van der Waals surface area contributed by atoms with E-state index in [1.807, 2.05) is 0 Å². The lowest BCUT2D eigenvalue weighted by atomic mass is 9.61. The van der Waals surface area contributed by atoms with Crippen molar-refractivity contribution in [2.24, 2.45) is 17.3 Å². The molecule has 0 aromatic carbocycles. The molecule has 4 atom stereocenters. The standard InChI is InChI=1S/C22H36O3/c1-9-22(8)13-12-18(14-19(22)15(2)3)16(4)10-11-20(21(6,7)24)25-17(5)23/h9-10,18-20,24H,1-2,11-14H2,3-8H3. The maximum Gasteiger partial charge on any atom is 0.303 e. The van der Waals surface area contributed by atoms with Gasteiger partial charge in [-0.15, -0.1) is 6.58 Å². The summed E-state index contributed by atoms with van der Waals surface area (Å²) >= 11 is 0. The smallest absolute Gasteiger partial charge is 0.303 e. The molecule has 1 rings (SSSR count). The van der Waals surface area contributed by atoms with Crippen molar-refractivity contribution < 1.29 is 14.6 Å². The molecular weight excluding hydrogens is 312 g/mol. The van der Waals surface area contributed by atoms with Gasteiger partial charge in [-0.1, -0.05) is 36.8 Å². The molecule has 0 aliphatic heterocycles. The van der Waals surface area contributed by atoms with E-state index in [-0.39, 0.29) is 11.4 Å². The van der Waals surface area contributed by atoms with Gasteiger partial charge in [-0.25, -0.2) is 0 Å². The summed E-state index contributed by atoms with van der Waals surface area (Å²) in [7, 11) is 0. The Bertz CT molecular complexity index is 538. The summed E-state index contributed by atoms with van der Waals surface area (Å²) < 4.78 is 5.30. The van der Waals surface area contributed by atoms with E-state index in [1.54, 1.807) is 13.8 Å². The van der Waals surface area contributed by atoms with Gasteiger partial charge >= 0.3 is 5.97 Å². The minimum atomic E-state index is -1.06. The molecule has 0 heterocycles. The van der Waals surface area contributed by atoms with Crippen molar-refractivity contribution in [3.8, 4) is 0 Å². The fourth-order valence-corrected chi connectivity index (χ4v) is 3.89. The van der Waals surface area contributed by atoms with E-state index in [0.717, 1.165) is 19.3 Å². The van der Waals surface area contributed by atoms with Crippen molar-refractivity contribution in [3.05, 3.63) is 36.5 Å². The van der Waals surface area contributed by atoms with Crippen LogP contribution in [-0.2, 0) is 9.53 Å². The van der Waals surface area contributed by atoms with Gasteiger partial charge < -0.3 is 9.84 Å². The first kappa shape index (κ1) is 21.7. The van der Waals surface area contributed by atoms with Crippen LogP contribution in [0.3, 0.4) is 0 Å². The van der Waals surface area contributed by atoms with Gasteiger partial charge in [0.15, 0.2) is 0 Å². The lowest BCUT2D eigenvalue weighted by molar-refractivity contribution is -0.158. The number of allylic oxidation sites excluding steroid dienone is 3. The summed E-state index contributed by atoms with van der Waals surface area (Å²) in [5.41, 5.74) is 1.58. The third-order valence-electron chi connectivity index (χ3n) is 5.80. The average Bonchev–Trinajstić information content (AvgIpc) is 2.49. The summed E-state index contributed by atoms with van der Waals surface area (Å²) in [5, 5.41) is 10.2. The Morgan fingerprint density at radius 1 is 1.40 bits per heavy atom. The first-order chi connectivity index (χ1) is 11.4. The quantitative estimate of drug-likeness (QED) is 0.507. The van der Waals surface area contributed by atoms with Gasteiger partial charge in [0.1, 0.15) is 6.10 Å². The number of hydrogen-bond donors (Lipinski definition) is 1. The van der Waals surface area contributed by atoms with E-state index in [2.05, 4.69) is 46.1 Å². The molecule has 1 aliphatic rings. The number of esters is 1. The fraction of sp³-hybridized carbons (Fsp3) is 0.682. The second-order valence-corrected chi connectivity index (χ2v) is 8.52. The topological polar surface area (TPSA) is 46.5 Å². The minimum absolute atomic E-state index is 0.121. The molecular formula is C22H36O3. The number of hydrogen-bond acceptors (Lipinski definition) is 3. The molecule has 142 valence electrons. The van der Waals surface area contributed by atoms with Crippen molar-refractivity contribution in [3.63, 3.8) is 0 Å². The van der Waals surface area contributed by atoms with Crippen molar-refractivity contribution >= 4 is 5.97 Å². The molecule has 0 bridgehead atoms. The summed E-state index contributed by atoms with van der Waals surface area (Å²) in [4.78, 5) is 11.3. The summed E-state index contributed by atoms with van der Waals surface area (Å²) in [6.07, 6.45) is 7.51. The van der Waals surface area contributed by atoms with Crippen LogP contribution in [0.5, 0.6) is 0 Å². The molecule has 1 aliphatic carbocycles. The van der Waals surface area contributed by atoms with Crippen LogP contribution in [0, 0.1) is 17.3 Å². The largest absolute Gasteiger partial charge is 0.459 e. The zero-order chi connectivity index (χ0) is 19.4. The Labute approximate surface area is 153 Å². The Kier molecular flexibility index (Phi) is 7.25. The SMILES string of the molecule is C=CC1(C)CCC(C(C)=CCC(OC(C)=O)C(C)(C)O)CC1C(=C)C. The van der Waals surface area contributed by atoms with Gasteiger partial charge in [-0.2, -0.15) is 0 Å². The van der Waals surface area contributed by atoms with Crippen molar-refractivity contribution in [1.29, 1.82) is 0 Å². The zero-order valence-corrected chi connectivity index (χ0v) is 16.9. The van der Waals surface area contributed by atoms with Crippen LogP contribution in [0.4, 0.5) is 0 Å². The van der Waals surface area contributed by atoms with Gasteiger partial charge in [0.05, 0.1) is 5.60 Å². The van der Waals surface area contributed by atoms with Crippen molar-refractivity contribution in [2.45, 2.75) is 78.9 Å². The molecule has 0 aromatic rings. The molecule has 1 fully saturated rings. The normalized spacial score (nSPS) is 29.0. The number of rotatable bonds is 7. The summed E-state index contributed by atoms with van der Waals surface area (Å²) in [5.74, 6) is 0.570. The van der Waals surface area contributed by atoms with Crippen LogP contribution in [0.25, 0.3) is 0 Å². The Morgan fingerprint density at radius 3 is 2.44 bits per heavy atom. The van der Waals surface area contributed by atoms with Gasteiger partial charge in [0, 0.05) is 13.3 Å². The van der Waals surface area contributed by atoms with Gasteiger partial charge in [-0.05, 0) is 64.2 Å². The van der Waals surface area contributed by atoms with Crippen molar-refractivity contribution in [2.75, 3.05) is 0 Å². The van der Waals surface area contributed by atoms with E-state index < -0.39 is 11.7 Å². The molecule has 4 unspecified atom stereocenters. The molecule has 0 radical (unpaired) electrons. The van der Waals surface area contributed by atoms with Crippen LogP contribution in [0.15, 0.2) is 36.5 Å². The predicted molar refractivity (Wildman–Crippen MR) is 104 cm³/mol.